The van der Waals surface area contributed by atoms with Gasteiger partial charge in [0.2, 0.25) is 37.2 Å². The quantitative estimate of drug-likeness (QED) is 0.0220. The lowest BCUT2D eigenvalue weighted by Crippen LogP contribution is -2.63. The van der Waals surface area contributed by atoms with Crippen LogP contribution in [0.25, 0.3) is 90.9 Å². The highest BCUT2D eigenvalue weighted by Gasteiger charge is 2.57. The van der Waals surface area contributed by atoms with E-state index in [2.05, 4.69) is 9.97 Å². The first-order valence-corrected chi connectivity index (χ1v) is 38.3. The van der Waals surface area contributed by atoms with Gasteiger partial charge in [-0.3, -0.25) is 67.6 Å². The number of nitro groups is 1. The van der Waals surface area contributed by atoms with Crippen LogP contribution in [0, 0.1) is 10.1 Å². The zero-order valence-electron chi connectivity index (χ0n) is 68.0. The summed E-state index contributed by atoms with van der Waals surface area (Å²) in [4.78, 5) is 181. The molecule has 7 aromatic rings. The molecule has 37 heteroatoms. The molecule has 3 fully saturated rings. The highest BCUT2D eigenvalue weighted by atomic mass is 16.8. The molecule has 3 aromatic heterocycles. The summed E-state index contributed by atoms with van der Waals surface area (Å²) in [6, 6.07) is 32.5. The molecule has 0 saturated carbocycles. The normalized spacial score (nSPS) is 22.5. The second-order valence-electron chi connectivity index (χ2n) is 28.4. The Morgan fingerprint density at radius 3 is 0.724 bits per heavy atom. The van der Waals surface area contributed by atoms with Crippen molar-refractivity contribution in [2.45, 2.75) is 175 Å². The molecule has 8 bridgehead atoms. The number of fused-ring (bicyclic) bond motifs is 8. The Hall–Kier alpha value is -14.2. The zero-order chi connectivity index (χ0) is 88.4. The van der Waals surface area contributed by atoms with Crippen LogP contribution in [0.15, 0.2) is 121 Å². The number of aromatic nitrogens is 4. The molecule has 3 saturated heterocycles. The predicted molar refractivity (Wildman–Crippen MR) is 425 cm³/mol. The number of nitro benzene ring substituents is 1. The van der Waals surface area contributed by atoms with E-state index in [1.54, 1.807) is 133 Å². The largest absolute Gasteiger partial charge is 0.463 e. The standard InChI is InChI=1S/C86H83N5O32/c1-40(92)106-37-68-75(109-43(4)95)78(112-46(7)98)81(115-49(10)101)84(121-68)118-57-23-15-53(16-24-57)72-62-31-29-60(87-62)71(52-13-21-56(22-14-52)91(104)105)61-30-32-63(88-61)73(54-17-25-58(26-18-54)119-85-82(116-50(11)102)79(113-47(8)99)76(110-44(5)96)69(122-85)38-107-41(2)93)65-34-36-67(90-65)74(66-35-33-64(72)89-66)55-19-27-59(28-20-55)120-86-83(117-51(12)103)80(114-48(9)100)77(111-45(6)97)70(123-86)39-108-42(3)94/h13-36,68-70,75-87,90H,37-39H2,1-12H3/t68-,69-,70-,75-,76-,77-,78+,79+,80+,81-,82-,83-,84-,85-,86-/m1/s1. The first-order valence-electron chi connectivity index (χ1n) is 38.3. The molecule has 15 atom stereocenters. The number of nitrogens with one attached hydrogen (secondary N) is 2. The summed E-state index contributed by atoms with van der Waals surface area (Å²) >= 11 is 0. The van der Waals surface area contributed by atoms with Crippen LogP contribution in [0.3, 0.4) is 0 Å². The molecule has 0 radical (unpaired) electrons. The fourth-order valence-electron chi connectivity index (χ4n) is 14.5. The second-order valence-corrected chi connectivity index (χ2v) is 28.4. The van der Waals surface area contributed by atoms with Gasteiger partial charge in [-0.15, -0.1) is 0 Å². The number of rotatable bonds is 26. The first-order chi connectivity index (χ1) is 58.6. The van der Waals surface area contributed by atoms with Gasteiger partial charge in [-0.25, -0.2) is 9.97 Å². The Kier molecular flexibility index (Phi) is 27.5. The smallest absolute Gasteiger partial charge is 0.303 e. The number of carbonyl (C=O) groups is 12. The second kappa shape index (κ2) is 38.5. The third-order valence-electron chi connectivity index (χ3n) is 19.2. The lowest BCUT2D eigenvalue weighted by atomic mass is 9.98. The van der Waals surface area contributed by atoms with E-state index >= 15 is 0 Å². The zero-order valence-corrected chi connectivity index (χ0v) is 68.0. The summed E-state index contributed by atoms with van der Waals surface area (Å²) in [5, 5.41) is 12.2. The van der Waals surface area contributed by atoms with Crippen LogP contribution in [0.5, 0.6) is 17.2 Å². The lowest BCUT2D eigenvalue weighted by molar-refractivity contribution is -0.384. The fraction of sp³-hybridized carbons (Fsp3) is 0.349. The van der Waals surface area contributed by atoms with Gasteiger partial charge < -0.3 is 95.2 Å². The molecule has 0 spiro atoms. The van der Waals surface area contributed by atoms with Gasteiger partial charge in [0.1, 0.15) is 55.4 Å². The van der Waals surface area contributed by atoms with Gasteiger partial charge in [0.05, 0.1) is 27.7 Å². The van der Waals surface area contributed by atoms with E-state index in [4.69, 9.17) is 95.2 Å². The maximum Gasteiger partial charge on any atom is 0.303 e. The van der Waals surface area contributed by atoms with Crippen molar-refractivity contribution in [3.63, 3.8) is 0 Å². The number of aromatic amines is 2. The number of benzene rings is 4. The minimum absolute atomic E-state index is 0.0803. The Morgan fingerprint density at radius 2 is 0.512 bits per heavy atom. The number of non-ortho nitro benzene ring substituents is 1. The van der Waals surface area contributed by atoms with Crippen LogP contribution in [-0.2, 0) is 129 Å². The Morgan fingerprint density at radius 1 is 0.301 bits per heavy atom. The third-order valence-corrected chi connectivity index (χ3v) is 19.2. The van der Waals surface area contributed by atoms with Crippen molar-refractivity contribution in [2.75, 3.05) is 19.8 Å². The SMILES string of the molecule is CC(=O)OC[C@H]1O[C@@H](Oc2ccc(-c3c4nc(c(-c5ccc(O[C@@H]6O[C@H](COC(C)=O)[C@@H](OC(C)=O)[C@H](OC(C)=O)[C@H]6OC(C)=O)cc5)c5ccc([nH]5)c(-c5ccc([N+](=O)[O-])cc5)c5nc(c(-c6ccc(O[C@@H]7O[C@H](COC(C)=O)[C@@H](OC(C)=O)[C@H](OC(C)=O)[C@H]7OC(C)=O)cc6)c6ccc3[nH]6)C=C5)C=C4)cc2)[C@H](OC(C)=O)[C@@H](OC(C)=O)[C@@H]1OC(C)=O. The van der Waals surface area contributed by atoms with Gasteiger partial charge in [-0.1, -0.05) is 36.4 Å². The van der Waals surface area contributed by atoms with Crippen LogP contribution in [0.2, 0.25) is 0 Å². The summed E-state index contributed by atoms with van der Waals surface area (Å²) in [6.07, 6.45) is -15.7. The fourth-order valence-corrected chi connectivity index (χ4v) is 14.5. The lowest BCUT2D eigenvalue weighted by Gasteiger charge is -2.43. The van der Waals surface area contributed by atoms with E-state index in [0.29, 0.717) is 89.4 Å². The van der Waals surface area contributed by atoms with E-state index < -0.39 is 188 Å². The molecule has 0 amide bonds. The minimum Gasteiger partial charge on any atom is -0.463 e. The number of nitrogens with zero attached hydrogens (tertiary/aromatic N) is 3. The number of H-pyrrole nitrogens is 2. The van der Waals surface area contributed by atoms with Crippen LogP contribution < -0.4 is 14.2 Å². The Labute approximate surface area is 699 Å². The summed E-state index contributed by atoms with van der Waals surface area (Å²) in [5.74, 6) is -9.63. The summed E-state index contributed by atoms with van der Waals surface area (Å²) in [7, 11) is 0. The van der Waals surface area contributed by atoms with E-state index in [-0.39, 0.29) is 22.9 Å². The number of hydrogen-bond acceptors (Lipinski definition) is 34. The van der Waals surface area contributed by atoms with Gasteiger partial charge in [0.25, 0.3) is 5.69 Å². The minimum atomic E-state index is -1.63. The summed E-state index contributed by atoms with van der Waals surface area (Å²) < 4.78 is 105. The molecule has 12 rings (SSSR count). The first kappa shape index (κ1) is 88.1. The van der Waals surface area contributed by atoms with Crippen molar-refractivity contribution < 1.29 is 148 Å². The maximum atomic E-state index is 12.9. The van der Waals surface area contributed by atoms with E-state index in [1.807, 2.05) is 0 Å². The van der Waals surface area contributed by atoms with Crippen molar-refractivity contribution in [1.29, 1.82) is 0 Å². The molecular weight excluding hydrogens is 1610 g/mol. The molecule has 123 heavy (non-hydrogen) atoms. The van der Waals surface area contributed by atoms with Gasteiger partial charge in [0, 0.05) is 140 Å². The molecular formula is C86H83N5O32. The Bertz CT molecular complexity index is 5370. The number of esters is 12. The molecule has 644 valence electrons. The molecule has 8 heterocycles. The average molecular weight is 1700 g/mol. The van der Waals surface area contributed by atoms with Crippen LogP contribution >= 0.6 is 0 Å². The van der Waals surface area contributed by atoms with Crippen LogP contribution in [-0.4, -0.2) is 208 Å². The van der Waals surface area contributed by atoms with Crippen molar-refractivity contribution in [3.8, 4) is 61.8 Å². The highest BCUT2D eigenvalue weighted by molar-refractivity contribution is 6.00. The predicted octanol–water partition coefficient (Wildman–Crippen LogP) is 9.62. The van der Waals surface area contributed by atoms with Gasteiger partial charge in [-0.05, 0) is 119 Å². The average Bonchev–Trinajstić information content (AvgIpc) is 1.67. The summed E-state index contributed by atoms with van der Waals surface area (Å²) in [5.41, 5.74) is 6.84. The molecule has 4 aromatic carbocycles. The summed E-state index contributed by atoms with van der Waals surface area (Å²) in [6.45, 7) is 11.6. The van der Waals surface area contributed by atoms with E-state index in [1.165, 1.54) is 12.1 Å². The van der Waals surface area contributed by atoms with Crippen LogP contribution in [0.1, 0.15) is 106 Å². The van der Waals surface area contributed by atoms with Crippen molar-refractivity contribution in [1.82, 2.24) is 19.9 Å². The molecule has 0 aliphatic carbocycles. The van der Waals surface area contributed by atoms with Gasteiger partial charge in [0.15, 0.2) is 36.6 Å². The van der Waals surface area contributed by atoms with Crippen LogP contribution in [0.4, 0.5) is 5.69 Å². The monoisotopic (exact) mass is 1700 g/mol. The highest BCUT2D eigenvalue weighted by Crippen LogP contribution is 2.43. The van der Waals surface area contributed by atoms with Gasteiger partial charge >= 0.3 is 71.6 Å². The van der Waals surface area contributed by atoms with Crippen molar-refractivity contribution >= 4 is 124 Å². The third kappa shape index (κ3) is 21.5. The van der Waals surface area contributed by atoms with Crippen molar-refractivity contribution in [3.05, 3.63) is 154 Å². The molecule has 5 aliphatic heterocycles. The molecule has 5 aliphatic rings. The van der Waals surface area contributed by atoms with E-state index in [9.17, 15) is 67.6 Å². The Balaban J connectivity index is 1.04. The number of carbonyl (C=O) groups excluding carboxylic acids is 12. The number of ether oxygens (including phenoxy) is 18. The maximum absolute atomic E-state index is 12.9. The van der Waals surface area contributed by atoms with E-state index in [0.717, 1.165) is 83.1 Å². The van der Waals surface area contributed by atoms with Crippen molar-refractivity contribution in [2.24, 2.45) is 0 Å². The topological polar surface area (TPSA) is 471 Å². The molecule has 0 unspecified atom stereocenters. The molecule has 2 N–H and O–H groups in total. The molecule has 37 nitrogen and oxygen atoms in total. The number of hydrogen-bond donors (Lipinski definition) is 2. The van der Waals surface area contributed by atoms with Gasteiger partial charge in [-0.2, -0.15) is 0 Å².